The lowest BCUT2D eigenvalue weighted by Crippen LogP contribution is -2.07. The van der Waals surface area contributed by atoms with E-state index < -0.39 is 0 Å². The molecule has 4 heteroatoms. The summed E-state index contributed by atoms with van der Waals surface area (Å²) in [7, 11) is 0. The zero-order valence-corrected chi connectivity index (χ0v) is 8.74. The molecule has 2 nitrogen and oxygen atoms in total. The summed E-state index contributed by atoms with van der Waals surface area (Å²) in [6.45, 7) is 2.19. The Bertz CT molecular complexity index is 272. The molecule has 1 aliphatic heterocycles. The van der Waals surface area contributed by atoms with Gasteiger partial charge in [0.25, 0.3) is 0 Å². The van der Waals surface area contributed by atoms with Gasteiger partial charge in [-0.1, -0.05) is 11.6 Å². The van der Waals surface area contributed by atoms with Gasteiger partial charge in [-0.2, -0.15) is 0 Å². The number of nitrogens with one attached hydrogen (secondary N) is 1. The Morgan fingerprint density at radius 1 is 1.54 bits per heavy atom. The van der Waals surface area contributed by atoms with Crippen LogP contribution < -0.4 is 5.32 Å². The Morgan fingerprint density at radius 2 is 2.38 bits per heavy atom. The van der Waals surface area contributed by atoms with Gasteiger partial charge in [-0.15, -0.1) is 12.4 Å². The maximum Gasteiger partial charge on any atom is 0.129 e. The number of hydrogen-bond acceptors (Lipinski definition) is 2. The topological polar surface area (TPSA) is 24.9 Å². The molecule has 2 heterocycles. The van der Waals surface area contributed by atoms with Gasteiger partial charge >= 0.3 is 0 Å². The average molecular weight is 219 g/mol. The van der Waals surface area contributed by atoms with Gasteiger partial charge in [0.1, 0.15) is 5.15 Å². The lowest BCUT2D eigenvalue weighted by molar-refractivity contribution is 0.762. The Labute approximate surface area is 89.1 Å². The lowest BCUT2D eigenvalue weighted by Gasteiger charge is -2.07. The first-order valence-electron chi connectivity index (χ1n) is 4.18. The van der Waals surface area contributed by atoms with Gasteiger partial charge in [-0.25, -0.2) is 4.98 Å². The van der Waals surface area contributed by atoms with Crippen LogP contribution in [0.3, 0.4) is 0 Å². The second-order valence-electron chi connectivity index (χ2n) is 3.10. The zero-order chi connectivity index (χ0) is 8.39. The van der Waals surface area contributed by atoms with Crippen LogP contribution in [0.15, 0.2) is 18.3 Å². The van der Waals surface area contributed by atoms with E-state index in [4.69, 9.17) is 11.6 Å². The zero-order valence-electron chi connectivity index (χ0n) is 7.16. The molecular weight excluding hydrogens is 207 g/mol. The Morgan fingerprint density at radius 3 is 3.00 bits per heavy atom. The highest BCUT2D eigenvalue weighted by Gasteiger charge is 2.16. The molecule has 1 atom stereocenters. The van der Waals surface area contributed by atoms with Crippen LogP contribution in [0.4, 0.5) is 0 Å². The van der Waals surface area contributed by atoms with E-state index in [1.807, 2.05) is 12.1 Å². The van der Waals surface area contributed by atoms with Gasteiger partial charge in [0.2, 0.25) is 0 Å². The molecule has 13 heavy (non-hydrogen) atoms. The van der Waals surface area contributed by atoms with E-state index in [9.17, 15) is 0 Å². The van der Waals surface area contributed by atoms with Gasteiger partial charge in [-0.05, 0) is 36.6 Å². The van der Waals surface area contributed by atoms with E-state index in [-0.39, 0.29) is 12.4 Å². The minimum absolute atomic E-state index is 0. The molecule has 2 rings (SSSR count). The molecule has 0 aromatic carbocycles. The van der Waals surface area contributed by atoms with Crippen molar-refractivity contribution in [2.75, 3.05) is 13.1 Å². The van der Waals surface area contributed by atoms with Crippen molar-refractivity contribution in [2.45, 2.75) is 12.3 Å². The number of aromatic nitrogens is 1. The molecule has 1 saturated heterocycles. The highest BCUT2D eigenvalue weighted by molar-refractivity contribution is 6.29. The van der Waals surface area contributed by atoms with Gasteiger partial charge in [0, 0.05) is 12.7 Å². The molecule has 1 fully saturated rings. The molecule has 0 bridgehead atoms. The number of hydrogen-bond donors (Lipinski definition) is 1. The maximum atomic E-state index is 5.79. The lowest BCUT2D eigenvalue weighted by atomic mass is 10.0. The van der Waals surface area contributed by atoms with E-state index in [1.54, 1.807) is 6.20 Å². The fourth-order valence-electron chi connectivity index (χ4n) is 1.61. The summed E-state index contributed by atoms with van der Waals surface area (Å²) in [5, 5.41) is 3.92. The van der Waals surface area contributed by atoms with Gasteiger partial charge in [-0.3, -0.25) is 0 Å². The van der Waals surface area contributed by atoms with Crippen molar-refractivity contribution in [3.63, 3.8) is 0 Å². The Balaban J connectivity index is 0.000000845. The van der Waals surface area contributed by atoms with Crippen molar-refractivity contribution in [3.8, 4) is 0 Å². The van der Waals surface area contributed by atoms with Crippen molar-refractivity contribution in [3.05, 3.63) is 29.0 Å². The molecule has 0 radical (unpaired) electrons. The first-order chi connectivity index (χ1) is 5.86. The Hall–Kier alpha value is -0.310. The van der Waals surface area contributed by atoms with E-state index >= 15 is 0 Å². The van der Waals surface area contributed by atoms with Crippen LogP contribution in [0.1, 0.15) is 17.9 Å². The minimum Gasteiger partial charge on any atom is -0.316 e. The molecule has 1 aliphatic rings. The van der Waals surface area contributed by atoms with Crippen molar-refractivity contribution in [1.82, 2.24) is 10.3 Å². The molecule has 1 aromatic heterocycles. The highest BCUT2D eigenvalue weighted by atomic mass is 35.5. The molecule has 1 unspecified atom stereocenters. The van der Waals surface area contributed by atoms with Crippen molar-refractivity contribution >= 4 is 24.0 Å². The van der Waals surface area contributed by atoms with Crippen molar-refractivity contribution in [2.24, 2.45) is 0 Å². The van der Waals surface area contributed by atoms with Crippen LogP contribution >= 0.6 is 24.0 Å². The van der Waals surface area contributed by atoms with Crippen LogP contribution in [0, 0.1) is 0 Å². The molecule has 0 spiro atoms. The number of halogens is 2. The first-order valence-corrected chi connectivity index (χ1v) is 4.56. The second-order valence-corrected chi connectivity index (χ2v) is 3.49. The molecule has 0 saturated carbocycles. The van der Waals surface area contributed by atoms with Crippen LogP contribution in [0.2, 0.25) is 5.15 Å². The molecular formula is C9H12Cl2N2. The molecule has 1 N–H and O–H groups in total. The van der Waals surface area contributed by atoms with E-state index in [0.717, 1.165) is 13.1 Å². The van der Waals surface area contributed by atoms with Crippen LogP contribution in [-0.2, 0) is 0 Å². The van der Waals surface area contributed by atoms with Crippen LogP contribution in [0.25, 0.3) is 0 Å². The fourth-order valence-corrected chi connectivity index (χ4v) is 1.79. The summed E-state index contributed by atoms with van der Waals surface area (Å²) < 4.78 is 0. The number of rotatable bonds is 1. The Kier molecular flexibility index (Phi) is 3.97. The fraction of sp³-hybridized carbons (Fsp3) is 0.444. The number of pyridine rings is 1. The molecule has 72 valence electrons. The minimum atomic E-state index is 0. The van der Waals surface area contributed by atoms with Crippen molar-refractivity contribution < 1.29 is 0 Å². The third kappa shape index (κ3) is 2.56. The summed E-state index contributed by atoms with van der Waals surface area (Å²) in [6, 6.07) is 4.00. The average Bonchev–Trinajstić information content (AvgIpc) is 2.56. The summed E-state index contributed by atoms with van der Waals surface area (Å²) in [6.07, 6.45) is 2.98. The predicted molar refractivity (Wildman–Crippen MR) is 56.7 cm³/mol. The van der Waals surface area contributed by atoms with Gasteiger partial charge in [0.05, 0.1) is 0 Å². The van der Waals surface area contributed by atoms with Crippen LogP contribution in [-0.4, -0.2) is 18.1 Å². The number of nitrogens with zero attached hydrogens (tertiary/aromatic N) is 1. The van der Waals surface area contributed by atoms with E-state index in [0.29, 0.717) is 11.1 Å². The van der Waals surface area contributed by atoms with Crippen LogP contribution in [0.5, 0.6) is 0 Å². The summed E-state index contributed by atoms with van der Waals surface area (Å²) in [4.78, 5) is 3.96. The molecule has 1 aromatic rings. The van der Waals surface area contributed by atoms with E-state index in [2.05, 4.69) is 10.3 Å². The summed E-state index contributed by atoms with van der Waals surface area (Å²) in [5.41, 5.74) is 1.31. The smallest absolute Gasteiger partial charge is 0.129 e. The SMILES string of the molecule is Cl.Clc1cc(C2CCNC2)ccn1. The maximum absolute atomic E-state index is 5.79. The molecule has 0 aliphatic carbocycles. The highest BCUT2D eigenvalue weighted by Crippen LogP contribution is 2.23. The predicted octanol–water partition coefficient (Wildman–Crippen LogP) is 2.23. The van der Waals surface area contributed by atoms with E-state index in [1.165, 1.54) is 12.0 Å². The second kappa shape index (κ2) is 4.80. The largest absolute Gasteiger partial charge is 0.316 e. The van der Waals surface area contributed by atoms with Gasteiger partial charge < -0.3 is 5.32 Å². The standard InChI is InChI=1S/C9H11ClN2.ClH/c10-9-5-7(2-4-12-9)8-1-3-11-6-8;/h2,4-5,8,11H,1,3,6H2;1H. The third-order valence-electron chi connectivity index (χ3n) is 2.28. The van der Waals surface area contributed by atoms with Gasteiger partial charge in [0.15, 0.2) is 0 Å². The summed E-state index contributed by atoms with van der Waals surface area (Å²) >= 11 is 5.79. The third-order valence-corrected chi connectivity index (χ3v) is 2.49. The van der Waals surface area contributed by atoms with Crippen molar-refractivity contribution in [1.29, 1.82) is 0 Å². The first kappa shape index (κ1) is 10.8. The normalized spacial score (nSPS) is 21.2. The monoisotopic (exact) mass is 218 g/mol. The molecule has 0 amide bonds. The quantitative estimate of drug-likeness (QED) is 0.732. The summed E-state index contributed by atoms with van der Waals surface area (Å²) in [5.74, 6) is 0.630.